The number of hydrogen-bond acceptors (Lipinski definition) is 2. The lowest BCUT2D eigenvalue weighted by Gasteiger charge is -2.47. The molecular weight excluding hydrogens is 228 g/mol. The van der Waals surface area contributed by atoms with Gasteiger partial charge in [0.1, 0.15) is 12.1 Å². The zero-order chi connectivity index (χ0) is 13.4. The Hall–Kier alpha value is -1.06. The summed E-state index contributed by atoms with van der Waals surface area (Å²) in [4.78, 5) is 26.4. The van der Waals surface area contributed by atoms with Crippen LogP contribution < -0.4 is 5.32 Å². The van der Waals surface area contributed by atoms with Crippen molar-refractivity contribution in [2.24, 2.45) is 11.8 Å². The Morgan fingerprint density at radius 3 is 2.28 bits per heavy atom. The molecule has 18 heavy (non-hydrogen) atoms. The molecule has 0 aromatic rings. The molecule has 1 heterocycles. The average Bonchev–Trinajstić information content (AvgIpc) is 2.19. The zero-order valence-electron chi connectivity index (χ0n) is 11.8. The van der Waals surface area contributed by atoms with Crippen molar-refractivity contribution in [3.63, 3.8) is 0 Å². The first-order valence-corrected chi connectivity index (χ1v) is 7.06. The van der Waals surface area contributed by atoms with Gasteiger partial charge in [-0.2, -0.15) is 0 Å². The monoisotopic (exact) mass is 252 g/mol. The van der Waals surface area contributed by atoms with Crippen LogP contribution in [0.25, 0.3) is 0 Å². The van der Waals surface area contributed by atoms with E-state index in [-0.39, 0.29) is 35.9 Å². The van der Waals surface area contributed by atoms with Gasteiger partial charge in [-0.15, -0.1) is 0 Å². The molecule has 2 rings (SSSR count). The van der Waals surface area contributed by atoms with Gasteiger partial charge in [0.05, 0.1) is 0 Å². The SMILES string of the molecule is CC1NC(=O)C(C(C)C)N(C(C)C2CCC2)C1=O. The van der Waals surface area contributed by atoms with Crippen molar-refractivity contribution in [1.29, 1.82) is 0 Å². The number of amides is 2. The highest BCUT2D eigenvalue weighted by atomic mass is 16.2. The minimum Gasteiger partial charge on any atom is -0.343 e. The normalized spacial score (nSPS) is 31.3. The van der Waals surface area contributed by atoms with Crippen molar-refractivity contribution < 1.29 is 9.59 Å². The number of nitrogens with zero attached hydrogens (tertiary/aromatic N) is 1. The molecule has 2 fully saturated rings. The topological polar surface area (TPSA) is 49.4 Å². The molecule has 0 bridgehead atoms. The van der Waals surface area contributed by atoms with Crippen LogP contribution in [0.4, 0.5) is 0 Å². The molecular formula is C14H24N2O2. The van der Waals surface area contributed by atoms with Crippen LogP contribution in [0.3, 0.4) is 0 Å². The first kappa shape index (κ1) is 13.4. The van der Waals surface area contributed by atoms with Crippen molar-refractivity contribution in [3.8, 4) is 0 Å². The molecule has 1 aliphatic heterocycles. The fourth-order valence-corrected chi connectivity index (χ4v) is 3.07. The molecule has 1 N–H and O–H groups in total. The molecule has 3 unspecified atom stereocenters. The van der Waals surface area contributed by atoms with E-state index < -0.39 is 0 Å². The Morgan fingerprint density at radius 1 is 1.22 bits per heavy atom. The minimum atomic E-state index is -0.380. The first-order valence-electron chi connectivity index (χ1n) is 7.06. The smallest absolute Gasteiger partial charge is 0.245 e. The van der Waals surface area contributed by atoms with Crippen LogP contribution in [0.5, 0.6) is 0 Å². The summed E-state index contributed by atoms with van der Waals surface area (Å²) in [6.07, 6.45) is 3.63. The molecule has 4 heteroatoms. The maximum atomic E-state index is 12.4. The van der Waals surface area contributed by atoms with Gasteiger partial charge >= 0.3 is 0 Å². The maximum Gasteiger partial charge on any atom is 0.245 e. The quantitative estimate of drug-likeness (QED) is 0.828. The number of piperazine rings is 1. The van der Waals surface area contributed by atoms with Crippen molar-refractivity contribution in [3.05, 3.63) is 0 Å². The van der Waals surface area contributed by atoms with Crippen LogP contribution in [-0.2, 0) is 9.59 Å². The summed E-state index contributed by atoms with van der Waals surface area (Å²) in [5.74, 6) is 0.813. The van der Waals surface area contributed by atoms with Gasteiger partial charge in [0.15, 0.2) is 0 Å². The van der Waals surface area contributed by atoms with Gasteiger partial charge in [-0.25, -0.2) is 0 Å². The van der Waals surface area contributed by atoms with E-state index in [1.165, 1.54) is 19.3 Å². The molecule has 0 radical (unpaired) electrons. The summed E-state index contributed by atoms with van der Waals surface area (Å²) in [5.41, 5.74) is 0. The van der Waals surface area contributed by atoms with Gasteiger partial charge in [-0.05, 0) is 38.5 Å². The minimum absolute atomic E-state index is 0.00303. The maximum absolute atomic E-state index is 12.4. The molecule has 2 aliphatic rings. The van der Waals surface area contributed by atoms with Crippen LogP contribution in [-0.4, -0.2) is 34.8 Å². The van der Waals surface area contributed by atoms with Gasteiger partial charge in [0.25, 0.3) is 0 Å². The van der Waals surface area contributed by atoms with E-state index in [9.17, 15) is 9.59 Å². The van der Waals surface area contributed by atoms with Crippen LogP contribution >= 0.6 is 0 Å². The highest BCUT2D eigenvalue weighted by Gasteiger charge is 2.44. The largest absolute Gasteiger partial charge is 0.343 e. The van der Waals surface area contributed by atoms with Gasteiger partial charge in [-0.1, -0.05) is 20.3 Å². The summed E-state index contributed by atoms with van der Waals surface area (Å²) >= 11 is 0. The Labute approximate surface area is 109 Å². The number of carbonyl (C=O) groups excluding carboxylic acids is 2. The lowest BCUT2D eigenvalue weighted by molar-refractivity contribution is -0.155. The molecule has 1 saturated heterocycles. The van der Waals surface area contributed by atoms with Crippen LogP contribution in [0, 0.1) is 11.8 Å². The molecule has 102 valence electrons. The lowest BCUT2D eigenvalue weighted by Crippen LogP contribution is -2.67. The van der Waals surface area contributed by atoms with E-state index in [1.54, 1.807) is 6.92 Å². The second kappa shape index (κ2) is 4.90. The summed E-state index contributed by atoms with van der Waals surface area (Å²) in [6, 6.07) is -0.494. The fraction of sp³-hybridized carbons (Fsp3) is 0.857. The summed E-state index contributed by atoms with van der Waals surface area (Å²) in [6.45, 7) is 7.89. The van der Waals surface area contributed by atoms with E-state index in [4.69, 9.17) is 0 Å². The van der Waals surface area contributed by atoms with Crippen molar-refractivity contribution >= 4 is 11.8 Å². The number of hydrogen-bond donors (Lipinski definition) is 1. The third-order valence-electron chi connectivity index (χ3n) is 4.45. The molecule has 3 atom stereocenters. The molecule has 0 spiro atoms. The summed E-state index contributed by atoms with van der Waals surface area (Å²) in [5, 5.41) is 2.79. The van der Waals surface area contributed by atoms with Crippen molar-refractivity contribution in [2.45, 2.75) is 65.1 Å². The highest BCUT2D eigenvalue weighted by molar-refractivity contribution is 5.97. The highest BCUT2D eigenvalue weighted by Crippen LogP contribution is 2.34. The zero-order valence-corrected chi connectivity index (χ0v) is 11.8. The Balaban J connectivity index is 2.24. The number of rotatable bonds is 3. The van der Waals surface area contributed by atoms with Gasteiger partial charge < -0.3 is 10.2 Å². The van der Waals surface area contributed by atoms with Gasteiger partial charge in [0.2, 0.25) is 11.8 Å². The standard InChI is InChI=1S/C14H24N2O2/c1-8(2)12-13(17)15-9(3)14(18)16(12)10(4)11-6-5-7-11/h8-12H,5-7H2,1-4H3,(H,15,17). The predicted octanol–water partition coefficient (Wildman–Crippen LogP) is 1.55. The van der Waals surface area contributed by atoms with E-state index >= 15 is 0 Å². The second-order valence-electron chi connectivity index (χ2n) is 6.10. The summed E-state index contributed by atoms with van der Waals surface area (Å²) in [7, 11) is 0. The third-order valence-corrected chi connectivity index (χ3v) is 4.45. The molecule has 2 amide bonds. The Morgan fingerprint density at radius 2 is 1.83 bits per heavy atom. The molecule has 1 aliphatic carbocycles. The van der Waals surface area contributed by atoms with E-state index in [0.29, 0.717) is 5.92 Å². The second-order valence-corrected chi connectivity index (χ2v) is 6.10. The Kier molecular flexibility index (Phi) is 3.64. The van der Waals surface area contributed by atoms with Gasteiger partial charge in [0, 0.05) is 6.04 Å². The summed E-state index contributed by atoms with van der Waals surface area (Å²) < 4.78 is 0. The molecule has 1 saturated carbocycles. The fourth-order valence-electron chi connectivity index (χ4n) is 3.07. The van der Waals surface area contributed by atoms with Crippen LogP contribution in [0.15, 0.2) is 0 Å². The number of carbonyl (C=O) groups is 2. The van der Waals surface area contributed by atoms with Crippen molar-refractivity contribution in [2.75, 3.05) is 0 Å². The van der Waals surface area contributed by atoms with Crippen LogP contribution in [0.2, 0.25) is 0 Å². The molecule has 4 nitrogen and oxygen atoms in total. The van der Waals surface area contributed by atoms with Crippen molar-refractivity contribution in [1.82, 2.24) is 10.2 Å². The number of nitrogens with one attached hydrogen (secondary N) is 1. The molecule has 0 aromatic carbocycles. The van der Waals surface area contributed by atoms with E-state index in [0.717, 1.165) is 0 Å². The van der Waals surface area contributed by atoms with Gasteiger partial charge in [-0.3, -0.25) is 9.59 Å². The van der Waals surface area contributed by atoms with E-state index in [1.807, 2.05) is 18.7 Å². The van der Waals surface area contributed by atoms with Crippen LogP contribution in [0.1, 0.15) is 47.0 Å². The predicted molar refractivity (Wildman–Crippen MR) is 69.9 cm³/mol. The first-order chi connectivity index (χ1) is 8.43. The lowest BCUT2D eigenvalue weighted by atomic mass is 9.78. The van der Waals surface area contributed by atoms with E-state index in [2.05, 4.69) is 12.2 Å². The average molecular weight is 252 g/mol. The third kappa shape index (κ3) is 2.13. The molecule has 0 aromatic heterocycles. The Bertz CT molecular complexity index is 350.